The van der Waals surface area contributed by atoms with E-state index in [0.29, 0.717) is 11.3 Å². The molecule has 1 unspecified atom stereocenters. The van der Waals surface area contributed by atoms with Crippen molar-refractivity contribution in [2.45, 2.75) is 32.3 Å². The molecule has 0 bridgehead atoms. The molecule has 1 aromatic carbocycles. The normalized spacial score (nSPS) is 18.8. The quantitative estimate of drug-likeness (QED) is 0.584. The van der Waals surface area contributed by atoms with Crippen LogP contribution in [0.3, 0.4) is 0 Å². The summed E-state index contributed by atoms with van der Waals surface area (Å²) in [4.78, 5) is 0. The van der Waals surface area contributed by atoms with Gasteiger partial charge >= 0.3 is 58.4 Å². The largest absolute Gasteiger partial charge is 1.00 e. The first kappa shape index (κ1) is 17.3. The van der Waals surface area contributed by atoms with Crippen molar-refractivity contribution in [3.63, 3.8) is 0 Å². The van der Waals surface area contributed by atoms with Gasteiger partial charge in [0.25, 0.3) is 0 Å². The molecule has 98 valence electrons. The minimum Gasteiger partial charge on any atom is -0.486 e. The van der Waals surface area contributed by atoms with Crippen molar-refractivity contribution >= 4 is 12.4 Å². The topological polar surface area (TPSA) is 9.23 Å². The number of benzene rings is 1. The number of rotatable bonds is 3. The summed E-state index contributed by atoms with van der Waals surface area (Å²) in [5, 5.41) is 0. The van der Waals surface area contributed by atoms with Gasteiger partial charge in [0.15, 0.2) is 0 Å². The van der Waals surface area contributed by atoms with Crippen LogP contribution in [0.4, 0.5) is 12.9 Å². The third kappa shape index (κ3) is 4.94. The van der Waals surface area contributed by atoms with Crippen LogP contribution in [-0.4, -0.2) is 13.1 Å². The van der Waals surface area contributed by atoms with Gasteiger partial charge in [0.2, 0.25) is 0 Å². The molecule has 1 aromatic rings. The van der Waals surface area contributed by atoms with Crippen molar-refractivity contribution in [2.24, 2.45) is 0 Å². The Bertz CT molecular complexity index is 460. The van der Waals surface area contributed by atoms with E-state index < -0.39 is 12.4 Å². The monoisotopic (exact) mass is 294 g/mol. The molecule has 1 nitrogen and oxygen atoms in total. The third-order valence-corrected chi connectivity index (χ3v) is 3.07. The summed E-state index contributed by atoms with van der Waals surface area (Å²) in [5.74, 6) is 0.537. The second kappa shape index (κ2) is 7.31. The molecule has 0 N–H and O–H groups in total. The zero-order valence-electron chi connectivity index (χ0n) is 11.2. The van der Waals surface area contributed by atoms with Crippen molar-refractivity contribution in [2.75, 3.05) is 0 Å². The molecule has 1 aliphatic carbocycles. The number of hydrogen-bond donors (Lipinski definition) is 0. The van der Waals surface area contributed by atoms with Gasteiger partial charge in [0, 0.05) is 0 Å². The number of aryl methyl sites for hydroxylation is 1. The maximum atomic E-state index is 12.6. The molecule has 0 fully saturated rings. The Morgan fingerprint density at radius 3 is 2.53 bits per heavy atom. The summed E-state index contributed by atoms with van der Waals surface area (Å²) in [6, 6.07) is 3.67. The van der Waals surface area contributed by atoms with Crippen molar-refractivity contribution in [3.05, 3.63) is 35.9 Å². The molecule has 0 aromatic heterocycles. The summed E-state index contributed by atoms with van der Waals surface area (Å²) in [5.41, 5.74) is -0.0373. The fraction of sp³-hybridized carbons (Fsp3) is 0.385. The molecule has 6 heteroatoms. The van der Waals surface area contributed by atoms with E-state index in [9.17, 15) is 12.9 Å². The van der Waals surface area contributed by atoms with Crippen LogP contribution in [0, 0.1) is 6.92 Å². The number of allylic oxidation sites excluding steroid dienone is 1. The van der Waals surface area contributed by atoms with Gasteiger partial charge < -0.3 is 17.7 Å². The molecule has 0 saturated heterocycles. The zero-order valence-corrected chi connectivity index (χ0v) is 14.3. The molecule has 0 amide bonds. The van der Waals surface area contributed by atoms with Gasteiger partial charge in [-0.25, -0.2) is 0 Å². The molecule has 0 radical (unpaired) electrons. The molecule has 19 heavy (non-hydrogen) atoms. The van der Waals surface area contributed by atoms with Gasteiger partial charge in [0.1, 0.15) is 11.9 Å². The minimum atomic E-state index is -4.93. The van der Waals surface area contributed by atoms with Gasteiger partial charge in [-0.3, -0.25) is 0 Å². The smallest absolute Gasteiger partial charge is 0.486 e. The van der Waals surface area contributed by atoms with Crippen LogP contribution >= 0.6 is 0 Å². The van der Waals surface area contributed by atoms with Crippen LogP contribution in [0.25, 0.3) is 0 Å². The molecule has 1 aliphatic rings. The second-order valence-corrected chi connectivity index (χ2v) is 4.62. The van der Waals surface area contributed by atoms with Gasteiger partial charge in [-0.15, -0.1) is 5.46 Å². The fourth-order valence-electron chi connectivity index (χ4n) is 2.05. The Hall–Kier alpha value is 0.251. The Balaban J connectivity index is 0.00000180. The predicted molar refractivity (Wildman–Crippen MR) is 67.3 cm³/mol. The van der Waals surface area contributed by atoms with E-state index in [0.717, 1.165) is 31.4 Å². The zero-order chi connectivity index (χ0) is 13.2. The summed E-state index contributed by atoms with van der Waals surface area (Å²) >= 11 is 0. The van der Waals surface area contributed by atoms with Crippen LogP contribution < -0.4 is 61.6 Å². The Morgan fingerprint density at radius 1 is 1.26 bits per heavy atom. The van der Waals surface area contributed by atoms with E-state index in [1.807, 2.05) is 6.08 Å². The summed E-state index contributed by atoms with van der Waals surface area (Å²) in [6.45, 7) is -3.29. The van der Waals surface area contributed by atoms with Crippen LogP contribution in [0.5, 0.6) is 5.75 Å². The average molecular weight is 294 g/mol. The maximum absolute atomic E-state index is 12.6. The number of halogens is 3. The van der Waals surface area contributed by atoms with Crippen LogP contribution in [0.15, 0.2) is 30.4 Å². The molecule has 1 atom stereocenters. The predicted octanol–water partition coefficient (Wildman–Crippen LogP) is 0.541. The van der Waals surface area contributed by atoms with E-state index in [2.05, 4.69) is 6.08 Å². The first-order valence-electron chi connectivity index (χ1n) is 6.10. The van der Waals surface area contributed by atoms with E-state index in [1.54, 1.807) is 6.92 Å². The van der Waals surface area contributed by atoms with Gasteiger partial charge in [-0.1, -0.05) is 18.2 Å². The van der Waals surface area contributed by atoms with Crippen LogP contribution in [-0.2, 0) is 0 Å². The van der Waals surface area contributed by atoms with E-state index in [1.165, 1.54) is 6.07 Å². The first-order valence-corrected chi connectivity index (χ1v) is 6.10. The Labute approximate surface area is 154 Å². The molecule has 0 saturated carbocycles. The number of hydrogen-bond acceptors (Lipinski definition) is 1. The summed E-state index contributed by atoms with van der Waals surface area (Å²) in [6.07, 6.45) is 7.04. The standard InChI is InChI=1S/C13H15BF3O.K/c1-10-9-11(14(15,16)17)7-8-13(10)18-12-5-3-2-4-6-12;/h3,5,7-9,12H,2,4,6H2,1H3;/q-1;+1. The van der Waals surface area contributed by atoms with Gasteiger partial charge in [-0.2, -0.15) is 0 Å². The van der Waals surface area contributed by atoms with E-state index in [4.69, 9.17) is 4.74 Å². The van der Waals surface area contributed by atoms with Crippen LogP contribution in [0.2, 0.25) is 0 Å². The van der Waals surface area contributed by atoms with Crippen molar-refractivity contribution < 1.29 is 69.1 Å². The first-order chi connectivity index (χ1) is 8.47. The fourth-order valence-corrected chi connectivity index (χ4v) is 2.05. The Morgan fingerprint density at radius 2 is 2.00 bits per heavy atom. The maximum Gasteiger partial charge on any atom is 1.00 e. The van der Waals surface area contributed by atoms with Crippen LogP contribution in [0.1, 0.15) is 24.8 Å². The van der Waals surface area contributed by atoms with Crippen molar-refractivity contribution in [1.29, 1.82) is 0 Å². The molecule has 0 aliphatic heterocycles. The van der Waals surface area contributed by atoms with Gasteiger partial charge in [0.05, 0.1) is 0 Å². The molecular formula is C13H15BF3KO. The second-order valence-electron chi connectivity index (χ2n) is 4.62. The minimum absolute atomic E-state index is 0. The summed E-state index contributed by atoms with van der Waals surface area (Å²) < 4.78 is 43.4. The average Bonchev–Trinajstić information content (AvgIpc) is 2.32. The molecule has 0 heterocycles. The number of ether oxygens (including phenoxy) is 1. The molecular weight excluding hydrogens is 279 g/mol. The van der Waals surface area contributed by atoms with Crippen molar-refractivity contribution in [3.8, 4) is 5.75 Å². The summed E-state index contributed by atoms with van der Waals surface area (Å²) in [7, 11) is 0. The van der Waals surface area contributed by atoms with E-state index in [-0.39, 0.29) is 57.5 Å². The SMILES string of the molecule is Cc1cc([B-](F)(F)F)ccc1OC1C=CCCC1.[K+]. The van der Waals surface area contributed by atoms with E-state index >= 15 is 0 Å². The van der Waals surface area contributed by atoms with Crippen molar-refractivity contribution in [1.82, 2.24) is 0 Å². The Kier molecular flexibility index (Phi) is 6.66. The molecule has 0 spiro atoms. The van der Waals surface area contributed by atoms with Gasteiger partial charge in [-0.05, 0) is 43.9 Å². The third-order valence-electron chi connectivity index (χ3n) is 3.07. The molecule has 2 rings (SSSR count).